The van der Waals surface area contributed by atoms with Crippen molar-refractivity contribution in [2.75, 3.05) is 0 Å². The van der Waals surface area contributed by atoms with E-state index in [0.717, 1.165) is 31.2 Å². The molecule has 2 rings (SSSR count). The number of benzene rings is 1. The highest BCUT2D eigenvalue weighted by atomic mass is 28.4. The topological polar surface area (TPSA) is 64.6 Å². The molecule has 1 saturated carbocycles. The smallest absolute Gasteiger partial charge is 0.295 e. The number of hydrogen-bond acceptors (Lipinski definition) is 4. The molecule has 0 bridgehead atoms. The number of rotatable bonds is 10. The lowest BCUT2D eigenvalue weighted by Crippen LogP contribution is -2.53. The Balaban J connectivity index is 2.40. The summed E-state index contributed by atoms with van der Waals surface area (Å²) < 4.78 is 13.4. The van der Waals surface area contributed by atoms with Gasteiger partial charge in [0.05, 0.1) is 18.1 Å². The van der Waals surface area contributed by atoms with Gasteiger partial charge in [0.1, 0.15) is 0 Å². The van der Waals surface area contributed by atoms with Crippen LogP contribution >= 0.6 is 0 Å². The standard InChI is InChI=1S/C30H52BNO4Si2/c1-29(2,3)37(7,8)35-26(25(32-28(31)34)20-22-16-12-11-13-17-22)21-23-18-14-15-19-24(23)27(33)36-38(9,10)30(4,5)6/h11-13,16-17,23-26H,14-15,18-21H2,1-10H3,(H,32,34)/t23?,24-,25+,26?/m0/s1. The second-order valence-corrected chi connectivity index (χ2v) is 23.8. The van der Waals surface area contributed by atoms with Crippen molar-refractivity contribution in [3.8, 4) is 0 Å². The molecule has 8 heteroatoms. The Hall–Kier alpha value is -1.38. The lowest BCUT2D eigenvalue weighted by Gasteiger charge is -2.44. The van der Waals surface area contributed by atoms with Crippen LogP contribution in [0.5, 0.6) is 0 Å². The van der Waals surface area contributed by atoms with Crippen molar-refractivity contribution in [3.05, 3.63) is 35.9 Å². The molecule has 1 aromatic rings. The monoisotopic (exact) mass is 557 g/mol. The molecule has 0 spiro atoms. The molecule has 5 nitrogen and oxygen atoms in total. The summed E-state index contributed by atoms with van der Waals surface area (Å²) >= 11 is 0. The predicted molar refractivity (Wildman–Crippen MR) is 164 cm³/mol. The summed E-state index contributed by atoms with van der Waals surface area (Å²) in [6.45, 7) is 21.9. The van der Waals surface area contributed by atoms with Gasteiger partial charge in [0.2, 0.25) is 7.85 Å². The van der Waals surface area contributed by atoms with Crippen molar-refractivity contribution in [2.24, 2.45) is 11.8 Å². The van der Waals surface area contributed by atoms with Crippen LogP contribution in [0.15, 0.2) is 30.3 Å². The molecule has 1 aromatic carbocycles. The molecule has 1 aliphatic rings. The normalized spacial score (nSPS) is 20.9. The van der Waals surface area contributed by atoms with Gasteiger partial charge in [0.25, 0.3) is 14.3 Å². The number of amides is 1. The van der Waals surface area contributed by atoms with Crippen LogP contribution in [0.25, 0.3) is 0 Å². The Morgan fingerprint density at radius 2 is 1.50 bits per heavy atom. The van der Waals surface area contributed by atoms with Crippen molar-refractivity contribution >= 4 is 36.3 Å². The minimum Gasteiger partial charge on any atom is -0.519 e. The molecule has 38 heavy (non-hydrogen) atoms. The highest BCUT2D eigenvalue weighted by molar-refractivity contribution is 6.75. The Morgan fingerprint density at radius 1 is 0.947 bits per heavy atom. The molecule has 1 amide bonds. The van der Waals surface area contributed by atoms with E-state index in [0.29, 0.717) is 12.8 Å². The van der Waals surface area contributed by atoms with E-state index in [9.17, 15) is 9.59 Å². The zero-order valence-corrected chi connectivity index (χ0v) is 27.6. The number of carbonyl (C=O) groups is 2. The Kier molecular flexibility index (Phi) is 11.1. The van der Waals surface area contributed by atoms with Gasteiger partial charge < -0.3 is 14.2 Å². The maximum atomic E-state index is 13.6. The van der Waals surface area contributed by atoms with Crippen molar-refractivity contribution in [3.63, 3.8) is 0 Å². The van der Waals surface area contributed by atoms with E-state index in [1.807, 2.05) is 18.2 Å². The number of carbonyl (C=O) groups excluding carboxylic acids is 2. The molecule has 1 N–H and O–H groups in total. The Bertz CT molecular complexity index is 924. The minimum absolute atomic E-state index is 0.00248. The molecule has 1 fully saturated rings. The molecule has 1 aliphatic carbocycles. The maximum absolute atomic E-state index is 13.6. The van der Waals surface area contributed by atoms with Gasteiger partial charge in [-0.1, -0.05) is 84.7 Å². The van der Waals surface area contributed by atoms with Crippen molar-refractivity contribution < 1.29 is 18.4 Å². The van der Waals surface area contributed by atoms with Gasteiger partial charge >= 0.3 is 0 Å². The van der Waals surface area contributed by atoms with Gasteiger partial charge in [-0.05, 0) is 73.4 Å². The molecule has 0 aromatic heterocycles. The van der Waals surface area contributed by atoms with Crippen molar-refractivity contribution in [1.29, 1.82) is 0 Å². The van der Waals surface area contributed by atoms with Gasteiger partial charge in [-0.2, -0.15) is 0 Å². The third-order valence-electron chi connectivity index (χ3n) is 9.24. The molecule has 2 radical (unpaired) electrons. The zero-order valence-electron chi connectivity index (χ0n) is 25.6. The number of nitrogens with one attached hydrogen (secondary N) is 1. The average molecular weight is 558 g/mol. The first-order valence-corrected chi connectivity index (χ1v) is 20.2. The van der Waals surface area contributed by atoms with Crippen molar-refractivity contribution in [2.45, 2.75) is 128 Å². The fourth-order valence-corrected chi connectivity index (χ4v) is 7.09. The largest absolute Gasteiger partial charge is 0.519 e. The summed E-state index contributed by atoms with van der Waals surface area (Å²) in [5.41, 5.74) is 1.12. The second-order valence-electron chi connectivity index (χ2n) is 14.3. The van der Waals surface area contributed by atoms with Crippen LogP contribution in [0, 0.1) is 11.8 Å². The first kappa shape index (κ1) is 32.8. The highest BCUT2D eigenvalue weighted by Crippen LogP contribution is 2.42. The molecule has 0 saturated heterocycles. The van der Waals surface area contributed by atoms with E-state index in [2.05, 4.69) is 85.2 Å². The second kappa shape index (κ2) is 12.9. The summed E-state index contributed by atoms with van der Waals surface area (Å²) in [6.07, 6.45) is 4.99. The summed E-state index contributed by atoms with van der Waals surface area (Å²) in [7, 11) is 1.27. The van der Waals surface area contributed by atoms with Crippen molar-refractivity contribution in [1.82, 2.24) is 5.32 Å². The van der Waals surface area contributed by atoms with Crippen LogP contribution in [0.4, 0.5) is 4.79 Å². The van der Waals surface area contributed by atoms with E-state index < -0.39 is 22.4 Å². The first-order valence-electron chi connectivity index (χ1n) is 14.3. The molecule has 0 heterocycles. The van der Waals surface area contributed by atoms with E-state index in [4.69, 9.17) is 16.7 Å². The van der Waals surface area contributed by atoms with Crippen LogP contribution in [-0.2, 0) is 20.1 Å². The van der Waals surface area contributed by atoms with E-state index in [1.165, 1.54) is 0 Å². The Labute approximate surface area is 235 Å². The minimum atomic E-state index is -2.23. The number of hydrogen-bond donors (Lipinski definition) is 1. The lowest BCUT2D eigenvalue weighted by molar-refractivity contribution is -0.143. The van der Waals surface area contributed by atoms with Gasteiger partial charge in [-0.3, -0.25) is 9.59 Å². The van der Waals surface area contributed by atoms with Crippen LogP contribution in [0.2, 0.25) is 36.3 Å². The van der Waals surface area contributed by atoms with Gasteiger partial charge in [-0.15, -0.1) is 0 Å². The summed E-state index contributed by atoms with van der Waals surface area (Å²) in [5.74, 6) is -0.597. The van der Waals surface area contributed by atoms with Crippen LogP contribution < -0.4 is 5.32 Å². The Morgan fingerprint density at radius 3 is 2.03 bits per heavy atom. The van der Waals surface area contributed by atoms with Gasteiger partial charge in [0.15, 0.2) is 14.1 Å². The summed E-state index contributed by atoms with van der Waals surface area (Å²) in [4.78, 5) is 25.8. The molecular formula is C30H52BNO4Si2. The maximum Gasteiger partial charge on any atom is 0.295 e. The first-order chi connectivity index (χ1) is 17.3. The molecular weight excluding hydrogens is 505 g/mol. The van der Waals surface area contributed by atoms with Crippen LogP contribution in [0.3, 0.4) is 0 Å². The molecule has 212 valence electrons. The van der Waals surface area contributed by atoms with Crippen LogP contribution in [-0.4, -0.2) is 48.4 Å². The predicted octanol–water partition coefficient (Wildman–Crippen LogP) is 7.61. The SMILES string of the molecule is [B]C(=O)N[C@H](Cc1ccccc1)C(CC1CCCC[C@@H]1C(=O)O[Si](C)(C)C(C)(C)C)O[Si](C)(C)C(C)(C)C. The summed E-state index contributed by atoms with van der Waals surface area (Å²) in [6, 6.07) is 9.86. The van der Waals surface area contributed by atoms with Crippen LogP contribution in [0.1, 0.15) is 79.2 Å². The van der Waals surface area contributed by atoms with Gasteiger partial charge in [-0.25, -0.2) is 0 Å². The fraction of sp³-hybridized carbons (Fsp3) is 0.733. The van der Waals surface area contributed by atoms with Gasteiger partial charge in [0, 0.05) is 0 Å². The third-order valence-corrected chi connectivity index (χ3v) is 18.1. The third kappa shape index (κ3) is 9.09. The van der Waals surface area contributed by atoms with E-state index >= 15 is 0 Å². The molecule has 4 atom stereocenters. The quantitative estimate of drug-likeness (QED) is 0.301. The van der Waals surface area contributed by atoms with E-state index in [-0.39, 0.29) is 40.0 Å². The van der Waals surface area contributed by atoms with E-state index in [1.54, 1.807) is 0 Å². The lowest BCUT2D eigenvalue weighted by atomic mass is 9.75. The highest BCUT2D eigenvalue weighted by Gasteiger charge is 2.45. The zero-order chi connectivity index (χ0) is 28.9. The molecule has 0 aliphatic heterocycles. The fourth-order valence-electron chi connectivity index (χ4n) is 4.75. The average Bonchev–Trinajstić information content (AvgIpc) is 2.77. The summed E-state index contributed by atoms with van der Waals surface area (Å²) in [5, 5.41) is 2.99. The molecule has 2 unspecified atom stereocenters.